The summed E-state index contributed by atoms with van der Waals surface area (Å²) in [6.45, 7) is 3.13. The Morgan fingerprint density at radius 2 is 1.90 bits per heavy atom. The lowest BCUT2D eigenvalue weighted by Gasteiger charge is -2.18. The van der Waals surface area contributed by atoms with E-state index in [1.807, 2.05) is 12.1 Å². The monoisotopic (exact) mass is 441 g/mol. The molecule has 2 heterocycles. The van der Waals surface area contributed by atoms with E-state index in [2.05, 4.69) is 0 Å². The zero-order valence-electron chi connectivity index (χ0n) is 16.8. The number of fused-ring (bicyclic) bond motifs is 1. The molecular formula is C23H20FNO5S. The summed E-state index contributed by atoms with van der Waals surface area (Å²) in [6, 6.07) is 11.3. The first-order valence-corrected chi connectivity index (χ1v) is 10.6. The summed E-state index contributed by atoms with van der Waals surface area (Å²) in [5.41, 5.74) is 1.27. The largest absolute Gasteiger partial charge is 0.486 e. The van der Waals surface area contributed by atoms with Crippen LogP contribution in [0.2, 0.25) is 0 Å². The molecule has 0 spiro atoms. The average Bonchev–Trinajstić information content (AvgIpc) is 3.04. The quantitative estimate of drug-likeness (QED) is 0.567. The molecule has 8 heteroatoms. The van der Waals surface area contributed by atoms with Gasteiger partial charge >= 0.3 is 5.97 Å². The molecule has 0 amide bonds. The fourth-order valence-electron chi connectivity index (χ4n) is 3.15. The van der Waals surface area contributed by atoms with E-state index in [9.17, 15) is 14.0 Å². The number of ether oxygens (including phenoxy) is 3. The summed E-state index contributed by atoms with van der Waals surface area (Å²) < 4.78 is 31.8. The zero-order valence-corrected chi connectivity index (χ0v) is 17.6. The molecule has 0 unspecified atom stereocenters. The summed E-state index contributed by atoms with van der Waals surface area (Å²) >= 11 is 1.19. The summed E-state index contributed by atoms with van der Waals surface area (Å²) in [5, 5.41) is 0. The molecule has 31 heavy (non-hydrogen) atoms. The van der Waals surface area contributed by atoms with Gasteiger partial charge in [-0.1, -0.05) is 18.2 Å². The fourth-order valence-corrected chi connectivity index (χ4v) is 4.18. The minimum absolute atomic E-state index is 0.204. The number of thiazole rings is 1. The van der Waals surface area contributed by atoms with Crippen molar-refractivity contribution in [3.63, 3.8) is 0 Å². The van der Waals surface area contributed by atoms with Gasteiger partial charge in [0.2, 0.25) is 0 Å². The number of esters is 1. The van der Waals surface area contributed by atoms with Crippen LogP contribution in [0.3, 0.4) is 0 Å². The third-order valence-electron chi connectivity index (χ3n) is 4.58. The normalized spacial score (nSPS) is 14.0. The highest BCUT2D eigenvalue weighted by atomic mass is 32.1. The Kier molecular flexibility index (Phi) is 6.18. The van der Waals surface area contributed by atoms with Crippen molar-refractivity contribution in [1.82, 2.24) is 4.57 Å². The molecule has 0 saturated heterocycles. The van der Waals surface area contributed by atoms with Gasteiger partial charge in [-0.05, 0) is 48.4 Å². The number of hydrogen-bond acceptors (Lipinski definition) is 6. The Labute approximate surface area is 181 Å². The lowest BCUT2D eigenvalue weighted by Crippen LogP contribution is -2.32. The minimum Gasteiger partial charge on any atom is -0.486 e. The van der Waals surface area contributed by atoms with Crippen LogP contribution in [-0.4, -0.2) is 30.4 Å². The van der Waals surface area contributed by atoms with Gasteiger partial charge in [0, 0.05) is 0 Å². The summed E-state index contributed by atoms with van der Waals surface area (Å²) in [4.78, 5) is 25.2. The van der Waals surface area contributed by atoms with E-state index in [1.165, 1.54) is 34.1 Å². The predicted molar refractivity (Wildman–Crippen MR) is 115 cm³/mol. The first kappa shape index (κ1) is 20.9. The third kappa shape index (κ3) is 4.86. The molecule has 0 N–H and O–H groups in total. The summed E-state index contributed by atoms with van der Waals surface area (Å²) in [6.07, 6.45) is 3.05. The van der Waals surface area contributed by atoms with Gasteiger partial charge in [-0.15, -0.1) is 11.3 Å². The van der Waals surface area contributed by atoms with Gasteiger partial charge in [-0.2, -0.15) is 0 Å². The van der Waals surface area contributed by atoms with Gasteiger partial charge in [-0.25, -0.2) is 9.18 Å². The minimum atomic E-state index is -0.525. The molecule has 0 bridgehead atoms. The second-order valence-corrected chi connectivity index (χ2v) is 7.83. The average molecular weight is 441 g/mol. The SMILES string of the molecule is CCOC(=O)/C=c1\s/c(=C\c2ccc3c(c2)OCCO3)c(=O)n1Cc1ccc(F)cc1. The molecule has 1 aromatic heterocycles. The highest BCUT2D eigenvalue weighted by Gasteiger charge is 2.12. The van der Waals surface area contributed by atoms with Crippen LogP contribution in [0.15, 0.2) is 47.3 Å². The number of hydrogen-bond donors (Lipinski definition) is 0. The maximum atomic E-state index is 13.2. The van der Waals surface area contributed by atoms with Gasteiger partial charge in [0.05, 0.1) is 23.8 Å². The van der Waals surface area contributed by atoms with E-state index in [-0.39, 0.29) is 24.5 Å². The number of carbonyl (C=O) groups excluding carboxylic acids is 1. The van der Waals surface area contributed by atoms with Crippen molar-refractivity contribution >= 4 is 29.5 Å². The van der Waals surface area contributed by atoms with Gasteiger partial charge in [0.1, 0.15) is 23.7 Å². The maximum Gasteiger partial charge on any atom is 0.333 e. The van der Waals surface area contributed by atoms with Crippen LogP contribution >= 0.6 is 11.3 Å². The van der Waals surface area contributed by atoms with Crippen molar-refractivity contribution in [2.75, 3.05) is 19.8 Å². The molecule has 0 aliphatic carbocycles. The first-order valence-electron chi connectivity index (χ1n) is 9.77. The Morgan fingerprint density at radius 3 is 2.65 bits per heavy atom. The Bertz CT molecular complexity index is 1280. The first-order chi connectivity index (χ1) is 15.0. The second kappa shape index (κ2) is 9.18. The number of rotatable bonds is 5. The number of aromatic nitrogens is 1. The molecule has 0 saturated carbocycles. The van der Waals surface area contributed by atoms with Gasteiger partial charge in [0.25, 0.3) is 5.56 Å². The van der Waals surface area contributed by atoms with Gasteiger partial charge in [-0.3, -0.25) is 9.36 Å². The molecule has 0 atom stereocenters. The molecule has 2 aromatic carbocycles. The van der Waals surface area contributed by atoms with E-state index in [0.29, 0.717) is 33.9 Å². The van der Waals surface area contributed by atoms with Crippen LogP contribution in [0.5, 0.6) is 11.5 Å². The lowest BCUT2D eigenvalue weighted by molar-refractivity contribution is -0.135. The van der Waals surface area contributed by atoms with Crippen molar-refractivity contribution in [1.29, 1.82) is 0 Å². The van der Waals surface area contributed by atoms with Crippen molar-refractivity contribution < 1.29 is 23.4 Å². The molecule has 0 fully saturated rings. The predicted octanol–water partition coefficient (Wildman–Crippen LogP) is 2.04. The number of halogens is 1. The topological polar surface area (TPSA) is 66.8 Å². The molecule has 6 nitrogen and oxygen atoms in total. The molecule has 1 aliphatic rings. The Morgan fingerprint density at radius 1 is 1.16 bits per heavy atom. The van der Waals surface area contributed by atoms with Gasteiger partial charge < -0.3 is 14.2 Å². The number of carbonyl (C=O) groups is 1. The van der Waals surface area contributed by atoms with Crippen LogP contribution < -0.4 is 24.2 Å². The molecule has 3 aromatic rings. The Hall–Kier alpha value is -3.39. The van der Waals surface area contributed by atoms with Crippen LogP contribution in [0, 0.1) is 5.82 Å². The number of benzene rings is 2. The van der Waals surface area contributed by atoms with E-state index < -0.39 is 5.97 Å². The number of nitrogens with zero attached hydrogens (tertiary/aromatic N) is 1. The van der Waals surface area contributed by atoms with E-state index in [1.54, 1.807) is 31.2 Å². The maximum absolute atomic E-state index is 13.2. The van der Waals surface area contributed by atoms with Gasteiger partial charge in [0.15, 0.2) is 11.5 Å². The van der Waals surface area contributed by atoms with Crippen LogP contribution in [0.25, 0.3) is 12.2 Å². The molecular weight excluding hydrogens is 421 g/mol. The van der Waals surface area contributed by atoms with Crippen molar-refractivity contribution in [3.05, 3.63) is 79.0 Å². The van der Waals surface area contributed by atoms with Crippen LogP contribution in [0.1, 0.15) is 18.1 Å². The highest BCUT2D eigenvalue weighted by Crippen LogP contribution is 2.30. The van der Waals surface area contributed by atoms with E-state index in [4.69, 9.17) is 14.2 Å². The van der Waals surface area contributed by atoms with Crippen LogP contribution in [0.4, 0.5) is 4.39 Å². The second-order valence-electron chi connectivity index (χ2n) is 6.77. The van der Waals surface area contributed by atoms with E-state index in [0.717, 1.165) is 11.1 Å². The Balaban J connectivity index is 1.79. The smallest absolute Gasteiger partial charge is 0.333 e. The van der Waals surface area contributed by atoms with Crippen LogP contribution in [-0.2, 0) is 16.1 Å². The highest BCUT2D eigenvalue weighted by molar-refractivity contribution is 7.07. The molecule has 1 aliphatic heterocycles. The van der Waals surface area contributed by atoms with Crippen molar-refractivity contribution in [3.8, 4) is 11.5 Å². The molecule has 0 radical (unpaired) electrons. The summed E-state index contributed by atoms with van der Waals surface area (Å²) in [5.74, 6) is 0.413. The zero-order chi connectivity index (χ0) is 21.8. The molecule has 160 valence electrons. The standard InChI is InChI=1S/C23H20FNO5S/c1-2-28-22(26)13-21-25(14-15-3-6-17(24)7-4-15)23(27)20(31-21)12-16-5-8-18-19(11-16)30-10-9-29-18/h3-8,11-13H,2,9-10,14H2,1H3/b20-12-,21-13-. The molecule has 4 rings (SSSR count). The van der Waals surface area contributed by atoms with Crippen molar-refractivity contribution in [2.24, 2.45) is 0 Å². The summed E-state index contributed by atoms with van der Waals surface area (Å²) in [7, 11) is 0. The van der Waals surface area contributed by atoms with Crippen molar-refractivity contribution in [2.45, 2.75) is 13.5 Å². The van der Waals surface area contributed by atoms with E-state index >= 15 is 0 Å². The fraction of sp³-hybridized carbons (Fsp3) is 0.217. The lowest BCUT2D eigenvalue weighted by atomic mass is 10.2. The third-order valence-corrected chi connectivity index (χ3v) is 5.64.